The lowest BCUT2D eigenvalue weighted by Gasteiger charge is -1.93. The van der Waals surface area contributed by atoms with Crippen LogP contribution in [0.25, 0.3) is 0 Å². The maximum absolute atomic E-state index is 4.04. The average molecular weight is 161 g/mol. The lowest BCUT2D eigenvalue weighted by Crippen LogP contribution is -1.88. The summed E-state index contributed by atoms with van der Waals surface area (Å²) in [6.45, 7) is 0. The minimum atomic E-state index is 0.995. The molecule has 0 aliphatic heterocycles. The third-order valence-electron chi connectivity index (χ3n) is 1.34. The lowest BCUT2D eigenvalue weighted by molar-refractivity contribution is 1.30. The van der Waals surface area contributed by atoms with E-state index >= 15 is 0 Å². The van der Waals surface area contributed by atoms with Crippen LogP contribution in [0.1, 0.15) is 11.1 Å². The van der Waals surface area contributed by atoms with E-state index in [1.807, 2.05) is 6.07 Å². The van der Waals surface area contributed by atoms with Crippen molar-refractivity contribution in [2.75, 3.05) is 14.1 Å². The first-order chi connectivity index (χ1) is 5.86. The minimum absolute atomic E-state index is 0.995. The van der Waals surface area contributed by atoms with E-state index < -0.39 is 0 Å². The van der Waals surface area contributed by atoms with Crippen molar-refractivity contribution in [3.8, 4) is 0 Å². The Kier molecular flexibility index (Phi) is 3.14. The van der Waals surface area contributed by atoms with Gasteiger partial charge in [0.2, 0.25) is 0 Å². The van der Waals surface area contributed by atoms with Crippen molar-refractivity contribution < 1.29 is 0 Å². The molecular weight excluding hydrogens is 150 g/mol. The number of hydrogen-bond donors (Lipinski definition) is 0. The molecule has 0 aliphatic rings. The van der Waals surface area contributed by atoms with Crippen LogP contribution in [0, 0.1) is 0 Å². The Labute approximate surface area is 71.9 Å². The number of pyridine rings is 1. The summed E-state index contributed by atoms with van der Waals surface area (Å²) in [5.74, 6) is 0. The fraction of sp³-hybridized carbons (Fsp3) is 0.222. The number of aromatic nitrogens is 1. The highest BCUT2D eigenvalue weighted by atomic mass is 14.7. The van der Waals surface area contributed by atoms with Gasteiger partial charge < -0.3 is 0 Å². The van der Waals surface area contributed by atoms with Crippen molar-refractivity contribution in [2.24, 2.45) is 9.98 Å². The van der Waals surface area contributed by atoms with Gasteiger partial charge in [0, 0.05) is 50.0 Å². The molecule has 0 aliphatic carbocycles. The molecule has 1 rings (SSSR count). The van der Waals surface area contributed by atoms with Gasteiger partial charge in [-0.15, -0.1) is 0 Å². The Bertz CT molecular complexity index is 275. The molecule has 1 aromatic rings. The lowest BCUT2D eigenvalue weighted by atomic mass is 10.2. The van der Waals surface area contributed by atoms with Crippen molar-refractivity contribution in [3.63, 3.8) is 0 Å². The molecule has 1 heterocycles. The molecule has 1 aromatic heterocycles. The summed E-state index contributed by atoms with van der Waals surface area (Å²) in [5.41, 5.74) is 1.99. The number of hydrogen-bond acceptors (Lipinski definition) is 3. The van der Waals surface area contributed by atoms with Crippen molar-refractivity contribution in [1.29, 1.82) is 0 Å². The van der Waals surface area contributed by atoms with Gasteiger partial charge in [-0.25, -0.2) is 0 Å². The molecule has 62 valence electrons. The molecule has 0 bridgehead atoms. The van der Waals surface area contributed by atoms with Crippen LogP contribution in [0.3, 0.4) is 0 Å². The molecule has 0 radical (unpaired) electrons. The van der Waals surface area contributed by atoms with Crippen LogP contribution in [0.5, 0.6) is 0 Å². The fourth-order valence-corrected chi connectivity index (χ4v) is 0.916. The maximum atomic E-state index is 4.04. The van der Waals surface area contributed by atoms with Crippen LogP contribution in [0.2, 0.25) is 0 Å². The summed E-state index contributed by atoms with van der Waals surface area (Å²) >= 11 is 0. The second-order valence-electron chi connectivity index (χ2n) is 2.33. The third kappa shape index (κ3) is 2.27. The van der Waals surface area contributed by atoms with Gasteiger partial charge in [0.25, 0.3) is 0 Å². The van der Waals surface area contributed by atoms with E-state index in [9.17, 15) is 0 Å². The zero-order chi connectivity index (χ0) is 8.81. The highest BCUT2D eigenvalue weighted by Gasteiger charge is 1.89. The maximum Gasteiger partial charge on any atom is 0.0356 e. The summed E-state index contributed by atoms with van der Waals surface area (Å²) in [6.07, 6.45) is 7.06. The molecule has 0 aromatic carbocycles. The summed E-state index contributed by atoms with van der Waals surface area (Å²) in [7, 11) is 3.47. The predicted molar refractivity (Wildman–Crippen MR) is 51.3 cm³/mol. The van der Waals surface area contributed by atoms with E-state index in [1.165, 1.54) is 0 Å². The topological polar surface area (TPSA) is 37.6 Å². The Balaban J connectivity index is 2.95. The zero-order valence-corrected chi connectivity index (χ0v) is 7.23. The van der Waals surface area contributed by atoms with E-state index in [1.54, 1.807) is 38.9 Å². The standard InChI is InChI=1S/C9H11N3/c1-10-4-8-3-9(5-11-2)7-12-6-8/h3-7H,1-2H3. The summed E-state index contributed by atoms with van der Waals surface area (Å²) in [6, 6.07) is 1.98. The molecule has 0 amide bonds. The van der Waals surface area contributed by atoms with Gasteiger partial charge in [0.05, 0.1) is 0 Å². The molecule has 3 nitrogen and oxygen atoms in total. The van der Waals surface area contributed by atoms with Crippen LogP contribution >= 0.6 is 0 Å². The van der Waals surface area contributed by atoms with Crippen molar-refractivity contribution in [1.82, 2.24) is 4.98 Å². The first-order valence-corrected chi connectivity index (χ1v) is 3.66. The molecular formula is C9H11N3. The van der Waals surface area contributed by atoms with Gasteiger partial charge in [-0.1, -0.05) is 0 Å². The average Bonchev–Trinajstić information content (AvgIpc) is 2.06. The van der Waals surface area contributed by atoms with Crippen LogP contribution < -0.4 is 0 Å². The molecule has 3 heteroatoms. The molecule has 0 saturated carbocycles. The van der Waals surface area contributed by atoms with Crippen molar-refractivity contribution in [2.45, 2.75) is 0 Å². The van der Waals surface area contributed by atoms with Gasteiger partial charge in [0.1, 0.15) is 0 Å². The number of nitrogens with zero attached hydrogens (tertiary/aromatic N) is 3. The second-order valence-corrected chi connectivity index (χ2v) is 2.33. The van der Waals surface area contributed by atoms with Crippen LogP contribution in [0.15, 0.2) is 28.4 Å². The van der Waals surface area contributed by atoms with Gasteiger partial charge >= 0.3 is 0 Å². The highest BCUT2D eigenvalue weighted by Crippen LogP contribution is 1.97. The van der Waals surface area contributed by atoms with Gasteiger partial charge in [-0.05, 0) is 6.07 Å². The van der Waals surface area contributed by atoms with Crippen LogP contribution in [-0.2, 0) is 0 Å². The first kappa shape index (κ1) is 8.59. The van der Waals surface area contributed by atoms with E-state index in [2.05, 4.69) is 15.0 Å². The molecule has 0 atom stereocenters. The largest absolute Gasteiger partial charge is 0.296 e. The summed E-state index contributed by atoms with van der Waals surface area (Å²) < 4.78 is 0. The Hall–Kier alpha value is -1.51. The van der Waals surface area contributed by atoms with Crippen molar-refractivity contribution >= 4 is 12.4 Å². The normalized spacial score (nSPS) is 11.5. The molecule has 0 fully saturated rings. The van der Waals surface area contributed by atoms with Crippen LogP contribution in [0.4, 0.5) is 0 Å². The van der Waals surface area contributed by atoms with Gasteiger partial charge in [-0.2, -0.15) is 0 Å². The van der Waals surface area contributed by atoms with Gasteiger partial charge in [0.15, 0.2) is 0 Å². The minimum Gasteiger partial charge on any atom is -0.296 e. The van der Waals surface area contributed by atoms with E-state index in [0.29, 0.717) is 0 Å². The highest BCUT2D eigenvalue weighted by molar-refractivity contribution is 5.85. The Morgan fingerprint density at radius 1 is 1.08 bits per heavy atom. The SMILES string of the molecule is CN=Cc1cncc(C=NC)c1. The molecule has 0 N–H and O–H groups in total. The van der Waals surface area contributed by atoms with E-state index in [-0.39, 0.29) is 0 Å². The van der Waals surface area contributed by atoms with Gasteiger partial charge in [-0.3, -0.25) is 15.0 Å². The summed E-state index contributed by atoms with van der Waals surface area (Å²) in [4.78, 5) is 11.8. The van der Waals surface area contributed by atoms with E-state index in [4.69, 9.17) is 0 Å². The van der Waals surface area contributed by atoms with Crippen molar-refractivity contribution in [3.05, 3.63) is 29.6 Å². The molecule has 0 saturated heterocycles. The zero-order valence-electron chi connectivity index (χ0n) is 7.23. The predicted octanol–water partition coefficient (Wildman–Crippen LogP) is 1.18. The quantitative estimate of drug-likeness (QED) is 0.600. The molecule has 12 heavy (non-hydrogen) atoms. The fourth-order valence-electron chi connectivity index (χ4n) is 0.916. The smallest absolute Gasteiger partial charge is 0.0356 e. The third-order valence-corrected chi connectivity index (χ3v) is 1.34. The Morgan fingerprint density at radius 3 is 2.00 bits per heavy atom. The second kappa shape index (κ2) is 4.38. The summed E-state index contributed by atoms with van der Waals surface area (Å²) in [5, 5.41) is 0. The van der Waals surface area contributed by atoms with E-state index in [0.717, 1.165) is 11.1 Å². The molecule has 0 spiro atoms. The monoisotopic (exact) mass is 161 g/mol. The first-order valence-electron chi connectivity index (χ1n) is 3.66. The Morgan fingerprint density at radius 2 is 1.58 bits per heavy atom. The molecule has 0 unspecified atom stereocenters. The number of rotatable bonds is 2. The van der Waals surface area contributed by atoms with Crippen LogP contribution in [-0.4, -0.2) is 31.5 Å². The number of aliphatic imine (C=N–C) groups is 2.